The van der Waals surface area contributed by atoms with E-state index in [1.54, 1.807) is 18.2 Å². The molecule has 0 atom stereocenters. The van der Waals surface area contributed by atoms with E-state index in [0.29, 0.717) is 0 Å². The van der Waals surface area contributed by atoms with E-state index in [9.17, 15) is 8.42 Å². The van der Waals surface area contributed by atoms with Gasteiger partial charge >= 0.3 is 0 Å². The maximum atomic E-state index is 12.1. The summed E-state index contributed by atoms with van der Waals surface area (Å²) in [6.07, 6.45) is 4.70. The summed E-state index contributed by atoms with van der Waals surface area (Å²) in [5, 5.41) is 1.21. The van der Waals surface area contributed by atoms with E-state index < -0.39 is 10.0 Å². The van der Waals surface area contributed by atoms with E-state index >= 15 is 0 Å². The molecule has 0 saturated carbocycles. The number of aryl methyl sites for hydroxylation is 1. The number of nitrogens with zero attached hydrogens (tertiary/aromatic N) is 1. The molecule has 3 nitrogen and oxygen atoms in total. The Morgan fingerprint density at radius 2 is 1.63 bits per heavy atom. The Balaban J connectivity index is 2.90. The van der Waals surface area contributed by atoms with Crippen molar-refractivity contribution in [1.29, 1.82) is 0 Å². The molecule has 0 bridgehead atoms. The SMILES string of the molecule is C=CCN(CC=C)S(=O)(=O)/C=C/c1ccc(C)cc1. The van der Waals surface area contributed by atoms with Crippen LogP contribution in [-0.4, -0.2) is 25.8 Å². The van der Waals surface area contributed by atoms with E-state index in [-0.39, 0.29) is 13.1 Å². The Morgan fingerprint density at radius 3 is 2.11 bits per heavy atom. The van der Waals surface area contributed by atoms with Crippen molar-refractivity contribution in [1.82, 2.24) is 4.31 Å². The minimum Gasteiger partial charge on any atom is -0.207 e. The normalized spacial score (nSPS) is 11.9. The summed E-state index contributed by atoms with van der Waals surface area (Å²) in [6, 6.07) is 7.65. The van der Waals surface area contributed by atoms with Crippen molar-refractivity contribution in [2.75, 3.05) is 13.1 Å². The van der Waals surface area contributed by atoms with Crippen LogP contribution >= 0.6 is 0 Å². The van der Waals surface area contributed by atoms with Crippen molar-refractivity contribution >= 4 is 16.1 Å². The highest BCUT2D eigenvalue weighted by Gasteiger charge is 2.15. The molecule has 0 aliphatic heterocycles. The van der Waals surface area contributed by atoms with Crippen LogP contribution in [0.3, 0.4) is 0 Å². The van der Waals surface area contributed by atoms with Gasteiger partial charge in [-0.2, -0.15) is 4.31 Å². The predicted molar refractivity (Wildman–Crippen MR) is 81.1 cm³/mol. The van der Waals surface area contributed by atoms with Gasteiger partial charge in [-0.05, 0) is 18.6 Å². The zero-order valence-corrected chi connectivity index (χ0v) is 11.9. The number of hydrogen-bond acceptors (Lipinski definition) is 2. The Morgan fingerprint density at radius 1 is 1.11 bits per heavy atom. The molecule has 0 unspecified atom stereocenters. The summed E-state index contributed by atoms with van der Waals surface area (Å²) in [7, 11) is -3.44. The van der Waals surface area contributed by atoms with Crippen LogP contribution in [0.4, 0.5) is 0 Å². The van der Waals surface area contributed by atoms with Crippen LogP contribution in [-0.2, 0) is 10.0 Å². The van der Waals surface area contributed by atoms with Gasteiger partial charge in [-0.1, -0.05) is 42.0 Å². The van der Waals surface area contributed by atoms with Crippen molar-refractivity contribution in [3.63, 3.8) is 0 Å². The summed E-state index contributed by atoms with van der Waals surface area (Å²) in [5.74, 6) is 0. The van der Waals surface area contributed by atoms with Crippen molar-refractivity contribution < 1.29 is 8.42 Å². The average molecular weight is 277 g/mol. The first kappa shape index (κ1) is 15.4. The molecule has 4 heteroatoms. The lowest BCUT2D eigenvalue weighted by Crippen LogP contribution is -2.29. The highest BCUT2D eigenvalue weighted by atomic mass is 32.2. The molecule has 1 aromatic carbocycles. The van der Waals surface area contributed by atoms with Gasteiger partial charge in [-0.15, -0.1) is 13.2 Å². The molecule has 0 radical (unpaired) electrons. The van der Waals surface area contributed by atoms with Gasteiger partial charge in [0.25, 0.3) is 0 Å². The van der Waals surface area contributed by atoms with Crippen molar-refractivity contribution in [2.45, 2.75) is 6.92 Å². The Hall–Kier alpha value is -1.65. The number of hydrogen-bond donors (Lipinski definition) is 0. The van der Waals surface area contributed by atoms with Gasteiger partial charge in [-0.25, -0.2) is 8.42 Å². The molecule has 1 aromatic rings. The number of benzene rings is 1. The Bertz CT molecular complexity index is 546. The van der Waals surface area contributed by atoms with Crippen LogP contribution in [0.15, 0.2) is 55.0 Å². The van der Waals surface area contributed by atoms with Crippen LogP contribution in [0.25, 0.3) is 6.08 Å². The topological polar surface area (TPSA) is 37.4 Å². The molecule has 0 saturated heterocycles. The van der Waals surface area contributed by atoms with Crippen LogP contribution in [0.1, 0.15) is 11.1 Å². The summed E-state index contributed by atoms with van der Waals surface area (Å²) in [6.45, 7) is 9.65. The summed E-state index contributed by atoms with van der Waals surface area (Å²) in [4.78, 5) is 0. The molecule has 0 aliphatic carbocycles. The molecule has 0 amide bonds. The molecule has 0 N–H and O–H groups in total. The quantitative estimate of drug-likeness (QED) is 0.719. The van der Waals surface area contributed by atoms with Crippen LogP contribution in [0.2, 0.25) is 0 Å². The monoisotopic (exact) mass is 277 g/mol. The van der Waals surface area contributed by atoms with E-state index in [1.807, 2.05) is 31.2 Å². The minimum atomic E-state index is -3.44. The van der Waals surface area contributed by atoms with Gasteiger partial charge < -0.3 is 0 Å². The molecule has 0 aromatic heterocycles. The fourth-order valence-corrected chi connectivity index (χ4v) is 2.63. The fourth-order valence-electron chi connectivity index (χ4n) is 1.50. The van der Waals surface area contributed by atoms with Gasteiger partial charge in [0.1, 0.15) is 0 Å². The summed E-state index contributed by atoms with van der Waals surface area (Å²) >= 11 is 0. The molecular weight excluding hydrogens is 258 g/mol. The van der Waals surface area contributed by atoms with E-state index in [4.69, 9.17) is 0 Å². The first-order valence-corrected chi connectivity index (χ1v) is 7.46. The average Bonchev–Trinajstić information content (AvgIpc) is 2.38. The molecule has 0 heterocycles. The lowest BCUT2D eigenvalue weighted by atomic mass is 10.2. The van der Waals surface area contributed by atoms with Crippen LogP contribution in [0, 0.1) is 6.92 Å². The largest absolute Gasteiger partial charge is 0.236 e. The molecule has 0 spiro atoms. The van der Waals surface area contributed by atoms with Gasteiger partial charge in [0, 0.05) is 18.5 Å². The molecule has 0 fully saturated rings. The second-order valence-electron chi connectivity index (χ2n) is 4.15. The van der Waals surface area contributed by atoms with Gasteiger partial charge in [0.05, 0.1) is 0 Å². The fraction of sp³-hybridized carbons (Fsp3) is 0.200. The highest BCUT2D eigenvalue weighted by molar-refractivity contribution is 7.92. The van der Waals surface area contributed by atoms with Crippen LogP contribution in [0.5, 0.6) is 0 Å². The number of sulfonamides is 1. The third-order valence-corrected chi connectivity index (χ3v) is 4.03. The number of rotatable bonds is 7. The lowest BCUT2D eigenvalue weighted by Gasteiger charge is -2.16. The van der Waals surface area contributed by atoms with Crippen LogP contribution < -0.4 is 0 Å². The third kappa shape index (κ3) is 4.85. The predicted octanol–water partition coefficient (Wildman–Crippen LogP) is 2.97. The van der Waals surface area contributed by atoms with E-state index in [2.05, 4.69) is 13.2 Å². The van der Waals surface area contributed by atoms with Crippen molar-refractivity contribution in [3.05, 3.63) is 66.1 Å². The van der Waals surface area contributed by atoms with E-state index in [1.165, 1.54) is 9.71 Å². The Labute approximate surface area is 115 Å². The first-order valence-electron chi connectivity index (χ1n) is 5.96. The highest BCUT2D eigenvalue weighted by Crippen LogP contribution is 2.09. The summed E-state index contributed by atoms with van der Waals surface area (Å²) < 4.78 is 25.5. The smallest absolute Gasteiger partial charge is 0.207 e. The molecular formula is C15H19NO2S. The maximum Gasteiger partial charge on any atom is 0.236 e. The maximum absolute atomic E-state index is 12.1. The zero-order valence-electron chi connectivity index (χ0n) is 11.1. The Kier molecular flexibility index (Phi) is 5.73. The molecule has 1 rings (SSSR count). The lowest BCUT2D eigenvalue weighted by molar-refractivity contribution is 0.483. The van der Waals surface area contributed by atoms with Gasteiger partial charge in [0.15, 0.2) is 0 Å². The third-order valence-electron chi connectivity index (χ3n) is 2.54. The molecule has 102 valence electrons. The minimum absolute atomic E-state index is 0.270. The van der Waals surface area contributed by atoms with Crippen molar-refractivity contribution in [3.8, 4) is 0 Å². The standard InChI is InChI=1S/C15H19NO2S/c1-4-11-16(12-5-2)19(17,18)13-10-15-8-6-14(3)7-9-15/h4-10,13H,1-2,11-12H2,3H3/b13-10+. The second-order valence-corrected chi connectivity index (χ2v) is 5.97. The van der Waals surface area contributed by atoms with E-state index in [0.717, 1.165) is 11.1 Å². The van der Waals surface area contributed by atoms with Crippen molar-refractivity contribution in [2.24, 2.45) is 0 Å². The zero-order chi connectivity index (χ0) is 14.3. The van der Waals surface area contributed by atoms with Gasteiger partial charge in [-0.3, -0.25) is 0 Å². The molecule has 19 heavy (non-hydrogen) atoms. The second kappa shape index (κ2) is 7.07. The molecule has 0 aliphatic rings. The van der Waals surface area contributed by atoms with Gasteiger partial charge in [0.2, 0.25) is 10.0 Å². The first-order chi connectivity index (χ1) is 8.99. The summed E-state index contributed by atoms with van der Waals surface area (Å²) in [5.41, 5.74) is 1.99.